The molecular formula is C23H26N2O4. The summed E-state index contributed by atoms with van der Waals surface area (Å²) in [5.74, 6) is -0.658. The fourth-order valence-electron chi connectivity index (χ4n) is 3.19. The number of aryl methyl sites for hydroxylation is 1. The number of carboxylic acids is 1. The number of rotatable bonds is 9. The van der Waals surface area contributed by atoms with E-state index in [0.29, 0.717) is 13.2 Å². The van der Waals surface area contributed by atoms with Crippen molar-refractivity contribution in [2.45, 2.75) is 39.5 Å². The summed E-state index contributed by atoms with van der Waals surface area (Å²) in [6.45, 7) is 4.53. The molecule has 0 saturated carbocycles. The van der Waals surface area contributed by atoms with E-state index in [1.165, 1.54) is 0 Å². The lowest BCUT2D eigenvalue weighted by atomic mass is 10.0. The molecule has 0 aliphatic heterocycles. The molecule has 1 amide bonds. The standard InChI is InChI=1S/C23H26N2O4/c1-16(2)22(23(27)28)24-21(26)11-13-25-12-10-18-14-19(8-9-20(18)25)29-15-17-6-4-3-5-7-17/h3-10,12,14,16,22H,11,13,15H2,1-2H3,(H,24,26)(H,27,28)/t22-/m1/s1. The zero-order valence-corrected chi connectivity index (χ0v) is 16.7. The number of aromatic nitrogens is 1. The van der Waals surface area contributed by atoms with Gasteiger partial charge in [-0.2, -0.15) is 0 Å². The summed E-state index contributed by atoms with van der Waals surface area (Å²) < 4.78 is 7.85. The molecule has 0 aliphatic carbocycles. The van der Waals surface area contributed by atoms with Crippen molar-refractivity contribution in [2.75, 3.05) is 0 Å². The quantitative estimate of drug-likeness (QED) is 0.578. The highest BCUT2D eigenvalue weighted by Gasteiger charge is 2.23. The molecule has 0 bridgehead atoms. The van der Waals surface area contributed by atoms with Gasteiger partial charge in [-0.3, -0.25) is 4.79 Å². The van der Waals surface area contributed by atoms with Gasteiger partial charge in [-0.05, 0) is 35.7 Å². The second kappa shape index (κ2) is 9.28. The van der Waals surface area contributed by atoms with Crippen molar-refractivity contribution >= 4 is 22.8 Å². The smallest absolute Gasteiger partial charge is 0.326 e. The minimum absolute atomic E-state index is 0.168. The van der Waals surface area contributed by atoms with E-state index in [-0.39, 0.29) is 18.2 Å². The van der Waals surface area contributed by atoms with E-state index >= 15 is 0 Å². The summed E-state index contributed by atoms with van der Waals surface area (Å²) in [5, 5.41) is 12.8. The number of benzene rings is 2. The van der Waals surface area contributed by atoms with Crippen LogP contribution in [0.5, 0.6) is 5.75 Å². The predicted octanol–water partition coefficient (Wildman–Crippen LogP) is 3.84. The highest BCUT2D eigenvalue weighted by molar-refractivity contribution is 5.84. The first-order valence-electron chi connectivity index (χ1n) is 9.72. The molecule has 152 valence electrons. The fourth-order valence-corrected chi connectivity index (χ4v) is 3.19. The van der Waals surface area contributed by atoms with Crippen LogP contribution in [0.4, 0.5) is 0 Å². The third-order valence-electron chi connectivity index (χ3n) is 4.82. The molecule has 2 aromatic carbocycles. The fraction of sp³-hybridized carbons (Fsp3) is 0.304. The second-order valence-electron chi connectivity index (χ2n) is 7.38. The van der Waals surface area contributed by atoms with Gasteiger partial charge in [0.25, 0.3) is 0 Å². The number of hydrogen-bond acceptors (Lipinski definition) is 3. The zero-order chi connectivity index (χ0) is 20.8. The van der Waals surface area contributed by atoms with Crippen LogP contribution in [0.3, 0.4) is 0 Å². The van der Waals surface area contributed by atoms with Crippen LogP contribution < -0.4 is 10.1 Å². The van der Waals surface area contributed by atoms with E-state index in [2.05, 4.69) is 5.32 Å². The van der Waals surface area contributed by atoms with Crippen LogP contribution in [0.15, 0.2) is 60.8 Å². The van der Waals surface area contributed by atoms with Gasteiger partial charge in [-0.1, -0.05) is 44.2 Å². The summed E-state index contributed by atoms with van der Waals surface area (Å²) in [6, 6.07) is 17.0. The van der Waals surface area contributed by atoms with E-state index in [1.807, 2.05) is 65.4 Å². The molecule has 0 aliphatic rings. The van der Waals surface area contributed by atoms with Gasteiger partial charge in [0.05, 0.1) is 0 Å². The highest BCUT2D eigenvalue weighted by Crippen LogP contribution is 2.23. The average Bonchev–Trinajstić information content (AvgIpc) is 3.11. The van der Waals surface area contributed by atoms with Crippen molar-refractivity contribution in [3.8, 4) is 5.75 Å². The maximum atomic E-state index is 12.2. The van der Waals surface area contributed by atoms with Crippen molar-refractivity contribution in [1.82, 2.24) is 9.88 Å². The number of nitrogens with zero attached hydrogens (tertiary/aromatic N) is 1. The second-order valence-corrected chi connectivity index (χ2v) is 7.38. The molecule has 0 spiro atoms. The molecule has 1 atom stereocenters. The Kier molecular flexibility index (Phi) is 6.54. The van der Waals surface area contributed by atoms with E-state index in [0.717, 1.165) is 22.2 Å². The van der Waals surface area contributed by atoms with E-state index in [9.17, 15) is 14.7 Å². The molecule has 1 aromatic heterocycles. The number of fused-ring (bicyclic) bond motifs is 1. The molecule has 1 heterocycles. The zero-order valence-electron chi connectivity index (χ0n) is 16.7. The van der Waals surface area contributed by atoms with E-state index < -0.39 is 12.0 Å². The summed E-state index contributed by atoms with van der Waals surface area (Å²) in [5.41, 5.74) is 2.11. The Morgan fingerprint density at radius 3 is 2.55 bits per heavy atom. The number of aliphatic carboxylic acids is 1. The third kappa shape index (κ3) is 5.38. The maximum Gasteiger partial charge on any atom is 0.326 e. The Morgan fingerprint density at radius 1 is 1.10 bits per heavy atom. The Balaban J connectivity index is 1.59. The Bertz CT molecular complexity index is 979. The first-order valence-corrected chi connectivity index (χ1v) is 9.72. The van der Waals surface area contributed by atoms with Gasteiger partial charge < -0.3 is 19.7 Å². The van der Waals surface area contributed by atoms with E-state index in [1.54, 1.807) is 13.8 Å². The lowest BCUT2D eigenvalue weighted by Gasteiger charge is -2.18. The van der Waals surface area contributed by atoms with Gasteiger partial charge in [0.2, 0.25) is 5.91 Å². The first-order chi connectivity index (χ1) is 13.9. The Morgan fingerprint density at radius 2 is 1.86 bits per heavy atom. The highest BCUT2D eigenvalue weighted by atomic mass is 16.5. The SMILES string of the molecule is CC(C)[C@@H](NC(=O)CCn1ccc2cc(OCc3ccccc3)ccc21)C(=O)O. The van der Waals surface area contributed by atoms with Gasteiger partial charge in [0, 0.05) is 30.1 Å². The molecule has 0 fully saturated rings. The van der Waals surface area contributed by atoms with E-state index in [4.69, 9.17) is 4.74 Å². The van der Waals surface area contributed by atoms with Gasteiger partial charge in [0.15, 0.2) is 0 Å². The lowest BCUT2D eigenvalue weighted by Crippen LogP contribution is -2.44. The molecule has 0 radical (unpaired) electrons. The van der Waals surface area contributed by atoms with Crippen molar-refractivity contribution in [1.29, 1.82) is 0 Å². The predicted molar refractivity (Wildman–Crippen MR) is 112 cm³/mol. The topological polar surface area (TPSA) is 80.6 Å². The van der Waals surface area contributed by atoms with Crippen LogP contribution in [0.25, 0.3) is 10.9 Å². The van der Waals surface area contributed by atoms with Gasteiger partial charge in [-0.15, -0.1) is 0 Å². The Hall–Kier alpha value is -3.28. The van der Waals surface area contributed by atoms with Gasteiger partial charge in [-0.25, -0.2) is 4.79 Å². The molecule has 2 N–H and O–H groups in total. The molecule has 3 rings (SSSR count). The third-order valence-corrected chi connectivity index (χ3v) is 4.82. The normalized spacial score (nSPS) is 12.1. The number of ether oxygens (including phenoxy) is 1. The minimum Gasteiger partial charge on any atom is -0.489 e. The van der Waals surface area contributed by atoms with Crippen LogP contribution in [0.2, 0.25) is 0 Å². The average molecular weight is 394 g/mol. The number of carboxylic acid groups (broad SMARTS) is 1. The number of hydrogen-bond donors (Lipinski definition) is 2. The van der Waals surface area contributed by atoms with Crippen molar-refractivity contribution in [2.24, 2.45) is 5.92 Å². The van der Waals surface area contributed by atoms with Crippen LogP contribution in [0.1, 0.15) is 25.8 Å². The summed E-state index contributed by atoms with van der Waals surface area (Å²) in [7, 11) is 0. The maximum absolute atomic E-state index is 12.2. The molecule has 6 nitrogen and oxygen atoms in total. The summed E-state index contributed by atoms with van der Waals surface area (Å²) >= 11 is 0. The minimum atomic E-state index is -1.01. The van der Waals surface area contributed by atoms with Crippen LogP contribution in [-0.2, 0) is 22.7 Å². The number of carbonyl (C=O) groups is 2. The van der Waals surface area contributed by atoms with Crippen molar-refractivity contribution in [3.05, 3.63) is 66.4 Å². The monoisotopic (exact) mass is 394 g/mol. The molecule has 3 aromatic rings. The van der Waals surface area contributed by atoms with Gasteiger partial charge >= 0.3 is 5.97 Å². The molecule has 0 saturated heterocycles. The number of nitrogens with one attached hydrogen (secondary N) is 1. The molecule has 29 heavy (non-hydrogen) atoms. The van der Waals surface area contributed by atoms with Crippen LogP contribution in [0, 0.1) is 5.92 Å². The van der Waals surface area contributed by atoms with Crippen LogP contribution >= 0.6 is 0 Å². The summed E-state index contributed by atoms with van der Waals surface area (Å²) in [4.78, 5) is 23.4. The van der Waals surface area contributed by atoms with Gasteiger partial charge in [0.1, 0.15) is 18.4 Å². The largest absolute Gasteiger partial charge is 0.489 e. The lowest BCUT2D eigenvalue weighted by molar-refractivity contribution is -0.143. The molecular weight excluding hydrogens is 368 g/mol. The Labute approximate surface area is 170 Å². The number of carbonyl (C=O) groups excluding carboxylic acids is 1. The van der Waals surface area contributed by atoms with Crippen molar-refractivity contribution in [3.63, 3.8) is 0 Å². The molecule has 0 unspecified atom stereocenters. The molecule has 6 heteroatoms. The first kappa shape index (κ1) is 20.5. The van der Waals surface area contributed by atoms with Crippen molar-refractivity contribution < 1.29 is 19.4 Å². The summed E-state index contributed by atoms with van der Waals surface area (Å²) in [6.07, 6.45) is 2.14. The number of amides is 1. The van der Waals surface area contributed by atoms with Crippen LogP contribution in [-0.4, -0.2) is 27.6 Å².